The van der Waals surface area contributed by atoms with Crippen LogP contribution < -0.4 is 0 Å². The second-order valence-corrected chi connectivity index (χ2v) is 8.39. The molecule has 3 rings (SSSR count). The van der Waals surface area contributed by atoms with E-state index in [-0.39, 0.29) is 17.8 Å². The van der Waals surface area contributed by atoms with Crippen LogP contribution in [0, 0.1) is 5.92 Å². The van der Waals surface area contributed by atoms with E-state index in [2.05, 4.69) is 18.2 Å². The molecule has 0 aromatic heterocycles. The number of hydrogen-bond donors (Lipinski definition) is 1. The zero-order valence-corrected chi connectivity index (χ0v) is 15.4. The van der Waals surface area contributed by atoms with Gasteiger partial charge in [-0.15, -0.1) is 0 Å². The van der Waals surface area contributed by atoms with E-state index in [1.165, 1.54) is 0 Å². The Morgan fingerprint density at radius 1 is 1.08 bits per heavy atom. The molecule has 0 aliphatic carbocycles. The molecule has 1 aliphatic rings. The summed E-state index contributed by atoms with van der Waals surface area (Å²) in [5.41, 5.74) is 1.10. The van der Waals surface area contributed by atoms with Gasteiger partial charge >= 0.3 is 0 Å². The summed E-state index contributed by atoms with van der Waals surface area (Å²) in [7, 11) is -1.24. The zero-order chi connectivity index (χ0) is 17.3. The molecule has 3 atom stereocenters. The SMILES string of the molecule is CC(C)C1CC[C@H](c2ccc(O)cc2)N1S(=O)c1ccc(Cl)cc1. The Balaban J connectivity index is 1.95. The van der Waals surface area contributed by atoms with Crippen LogP contribution in [0.2, 0.25) is 5.02 Å². The van der Waals surface area contributed by atoms with Crippen LogP contribution in [-0.4, -0.2) is 19.7 Å². The fourth-order valence-corrected chi connectivity index (χ4v) is 5.15. The third-order valence-corrected chi connectivity index (χ3v) is 6.46. The number of nitrogens with zero attached hydrogens (tertiary/aromatic N) is 1. The minimum absolute atomic E-state index is 0.0921. The summed E-state index contributed by atoms with van der Waals surface area (Å²) in [6.45, 7) is 4.35. The highest BCUT2D eigenvalue weighted by atomic mass is 35.5. The number of hydrogen-bond acceptors (Lipinski definition) is 2. The van der Waals surface area contributed by atoms with E-state index in [4.69, 9.17) is 11.6 Å². The fourth-order valence-electron chi connectivity index (χ4n) is 3.36. The van der Waals surface area contributed by atoms with Gasteiger partial charge in [0.15, 0.2) is 0 Å². The standard InChI is InChI=1S/C19H22ClNO2S/c1-13(2)18-11-12-19(14-3-7-16(22)8-4-14)21(18)24(23)17-9-5-15(20)6-10-17/h3-10,13,18-19,22H,11-12H2,1-2H3/t18?,19-,24?/m1/s1. The van der Waals surface area contributed by atoms with Crippen molar-refractivity contribution in [2.45, 2.75) is 43.7 Å². The van der Waals surface area contributed by atoms with Gasteiger partial charge in [0.05, 0.1) is 4.90 Å². The zero-order valence-electron chi connectivity index (χ0n) is 13.9. The lowest BCUT2D eigenvalue weighted by molar-refractivity contribution is 0.286. The lowest BCUT2D eigenvalue weighted by Crippen LogP contribution is -2.36. The summed E-state index contributed by atoms with van der Waals surface area (Å²) in [5, 5.41) is 10.2. The largest absolute Gasteiger partial charge is 0.508 e. The molecule has 0 spiro atoms. The maximum absolute atomic E-state index is 13.3. The molecule has 2 aromatic carbocycles. The van der Waals surface area contributed by atoms with Gasteiger partial charge in [0.25, 0.3) is 0 Å². The number of phenolic OH excluding ortho intramolecular Hbond substituents is 1. The summed E-state index contributed by atoms with van der Waals surface area (Å²) < 4.78 is 15.4. The molecule has 0 saturated carbocycles. The molecular formula is C19H22ClNO2S. The van der Waals surface area contributed by atoms with Gasteiger partial charge in [0.1, 0.15) is 16.7 Å². The van der Waals surface area contributed by atoms with E-state index < -0.39 is 11.0 Å². The summed E-state index contributed by atoms with van der Waals surface area (Å²) >= 11 is 5.96. The van der Waals surface area contributed by atoms with Crippen molar-refractivity contribution in [3.05, 3.63) is 59.1 Å². The molecular weight excluding hydrogens is 342 g/mol. The van der Waals surface area contributed by atoms with E-state index >= 15 is 0 Å². The van der Waals surface area contributed by atoms with Crippen LogP contribution >= 0.6 is 11.6 Å². The van der Waals surface area contributed by atoms with Crippen molar-refractivity contribution in [3.8, 4) is 5.75 Å². The number of aromatic hydroxyl groups is 1. The molecule has 2 unspecified atom stereocenters. The average molecular weight is 364 g/mol. The average Bonchev–Trinajstić information content (AvgIpc) is 3.01. The predicted molar refractivity (Wildman–Crippen MR) is 98.4 cm³/mol. The van der Waals surface area contributed by atoms with Crippen LogP contribution in [0.15, 0.2) is 53.4 Å². The minimum atomic E-state index is -1.24. The summed E-state index contributed by atoms with van der Waals surface area (Å²) in [6, 6.07) is 14.8. The molecule has 1 saturated heterocycles. The first-order valence-corrected chi connectivity index (χ1v) is 9.70. The number of benzene rings is 2. The summed E-state index contributed by atoms with van der Waals surface area (Å²) in [5.74, 6) is 0.672. The van der Waals surface area contributed by atoms with Crippen molar-refractivity contribution in [2.24, 2.45) is 5.92 Å². The second-order valence-electron chi connectivity index (χ2n) is 6.56. The first kappa shape index (κ1) is 17.5. The molecule has 1 fully saturated rings. The molecule has 3 nitrogen and oxygen atoms in total. The van der Waals surface area contributed by atoms with E-state index in [9.17, 15) is 9.32 Å². The molecule has 5 heteroatoms. The highest BCUT2D eigenvalue weighted by molar-refractivity contribution is 7.82. The Kier molecular flexibility index (Phi) is 5.28. The first-order chi connectivity index (χ1) is 11.5. The van der Waals surface area contributed by atoms with Crippen LogP contribution in [0.25, 0.3) is 0 Å². The maximum Gasteiger partial charge on any atom is 0.128 e. The van der Waals surface area contributed by atoms with Crippen molar-refractivity contribution in [1.29, 1.82) is 0 Å². The minimum Gasteiger partial charge on any atom is -0.508 e. The molecule has 1 heterocycles. The molecule has 24 heavy (non-hydrogen) atoms. The predicted octanol–water partition coefficient (Wildman–Crippen LogP) is 4.93. The summed E-state index contributed by atoms with van der Waals surface area (Å²) in [6.07, 6.45) is 1.98. The molecule has 0 radical (unpaired) electrons. The van der Waals surface area contributed by atoms with Crippen molar-refractivity contribution < 1.29 is 9.32 Å². The monoisotopic (exact) mass is 363 g/mol. The van der Waals surface area contributed by atoms with E-state index in [1.54, 1.807) is 24.3 Å². The highest BCUT2D eigenvalue weighted by Gasteiger charge is 2.39. The maximum atomic E-state index is 13.3. The molecule has 0 amide bonds. The molecule has 1 aliphatic heterocycles. The normalized spacial score (nSPS) is 22.8. The quantitative estimate of drug-likeness (QED) is 0.836. The number of rotatable bonds is 4. The van der Waals surface area contributed by atoms with Gasteiger partial charge in [0.2, 0.25) is 0 Å². The van der Waals surface area contributed by atoms with Crippen LogP contribution in [0.1, 0.15) is 38.3 Å². The third-order valence-electron chi connectivity index (χ3n) is 4.62. The number of phenols is 1. The van der Waals surface area contributed by atoms with E-state index in [0.717, 1.165) is 23.3 Å². The second kappa shape index (κ2) is 7.26. The number of halogens is 1. The van der Waals surface area contributed by atoms with Crippen LogP contribution in [0.4, 0.5) is 0 Å². The van der Waals surface area contributed by atoms with Gasteiger partial charge < -0.3 is 5.11 Å². The molecule has 128 valence electrons. The highest BCUT2D eigenvalue weighted by Crippen LogP contribution is 2.41. The molecule has 2 aromatic rings. The van der Waals surface area contributed by atoms with Crippen LogP contribution in [0.5, 0.6) is 5.75 Å². The van der Waals surface area contributed by atoms with Gasteiger partial charge in [-0.2, -0.15) is 0 Å². The van der Waals surface area contributed by atoms with Crippen molar-refractivity contribution >= 4 is 22.6 Å². The Morgan fingerprint density at radius 2 is 1.71 bits per heavy atom. The van der Waals surface area contributed by atoms with Gasteiger partial charge in [-0.05, 0) is 60.7 Å². The lowest BCUT2D eigenvalue weighted by Gasteiger charge is -2.31. The first-order valence-electron chi connectivity index (χ1n) is 8.22. The Labute approximate surface area is 150 Å². The van der Waals surface area contributed by atoms with Gasteiger partial charge in [-0.3, -0.25) is 0 Å². The van der Waals surface area contributed by atoms with Crippen molar-refractivity contribution in [1.82, 2.24) is 4.31 Å². The van der Waals surface area contributed by atoms with Gasteiger partial charge in [-0.1, -0.05) is 37.6 Å². The molecule has 1 N–H and O–H groups in total. The van der Waals surface area contributed by atoms with Crippen molar-refractivity contribution in [3.63, 3.8) is 0 Å². The lowest BCUT2D eigenvalue weighted by atomic mass is 10.0. The Morgan fingerprint density at radius 3 is 2.29 bits per heavy atom. The van der Waals surface area contributed by atoms with Crippen LogP contribution in [-0.2, 0) is 11.0 Å². The summed E-state index contributed by atoms with van der Waals surface area (Å²) in [4.78, 5) is 0.774. The smallest absolute Gasteiger partial charge is 0.128 e. The fraction of sp³-hybridized carbons (Fsp3) is 0.368. The van der Waals surface area contributed by atoms with Crippen molar-refractivity contribution in [2.75, 3.05) is 0 Å². The van der Waals surface area contributed by atoms with E-state index in [1.807, 2.05) is 24.3 Å². The topological polar surface area (TPSA) is 40.5 Å². The van der Waals surface area contributed by atoms with E-state index in [0.29, 0.717) is 10.9 Å². The van der Waals surface area contributed by atoms with Gasteiger partial charge in [-0.25, -0.2) is 8.51 Å². The Bertz CT molecular complexity index is 715. The molecule has 0 bridgehead atoms. The third kappa shape index (κ3) is 3.51. The van der Waals surface area contributed by atoms with Crippen LogP contribution in [0.3, 0.4) is 0 Å². The van der Waals surface area contributed by atoms with Gasteiger partial charge in [0, 0.05) is 17.1 Å². The Hall–Kier alpha value is -1.36.